The van der Waals surface area contributed by atoms with Crippen molar-refractivity contribution in [3.05, 3.63) is 24.3 Å². The SMILES string of the molecule is NNc1ccc(OCCO)cc1. The lowest BCUT2D eigenvalue weighted by atomic mass is 10.3. The van der Waals surface area contributed by atoms with E-state index in [4.69, 9.17) is 15.7 Å². The molecule has 0 heterocycles. The number of anilines is 1. The second-order valence-corrected chi connectivity index (χ2v) is 2.24. The van der Waals surface area contributed by atoms with Crippen molar-refractivity contribution >= 4 is 5.69 Å². The number of hydrogen-bond donors (Lipinski definition) is 3. The summed E-state index contributed by atoms with van der Waals surface area (Å²) in [4.78, 5) is 0. The van der Waals surface area contributed by atoms with E-state index in [1.165, 1.54) is 0 Å². The van der Waals surface area contributed by atoms with E-state index in [1.54, 1.807) is 24.3 Å². The number of hydrogen-bond acceptors (Lipinski definition) is 4. The van der Waals surface area contributed by atoms with Crippen LogP contribution in [0, 0.1) is 0 Å². The number of nitrogen functional groups attached to an aromatic ring is 1. The summed E-state index contributed by atoms with van der Waals surface area (Å²) in [5, 5.41) is 8.47. The minimum Gasteiger partial charge on any atom is -0.491 e. The molecule has 0 atom stereocenters. The van der Waals surface area contributed by atoms with Crippen LogP contribution in [0.4, 0.5) is 5.69 Å². The molecule has 66 valence electrons. The van der Waals surface area contributed by atoms with Crippen LogP contribution in [0.2, 0.25) is 0 Å². The number of hydrazine groups is 1. The van der Waals surface area contributed by atoms with Crippen LogP contribution in [0.25, 0.3) is 0 Å². The van der Waals surface area contributed by atoms with Gasteiger partial charge in [0, 0.05) is 5.69 Å². The van der Waals surface area contributed by atoms with Gasteiger partial charge in [-0.2, -0.15) is 0 Å². The molecule has 0 aromatic heterocycles. The van der Waals surface area contributed by atoms with Crippen molar-refractivity contribution < 1.29 is 9.84 Å². The molecule has 0 amide bonds. The summed E-state index contributed by atoms with van der Waals surface area (Å²) in [5.41, 5.74) is 3.33. The molecule has 4 N–H and O–H groups in total. The number of aliphatic hydroxyl groups is 1. The van der Waals surface area contributed by atoms with Gasteiger partial charge in [0.05, 0.1) is 6.61 Å². The topological polar surface area (TPSA) is 67.5 Å². The summed E-state index contributed by atoms with van der Waals surface area (Å²) in [7, 11) is 0. The van der Waals surface area contributed by atoms with Crippen LogP contribution in [-0.4, -0.2) is 18.3 Å². The summed E-state index contributed by atoms with van der Waals surface area (Å²) < 4.78 is 5.14. The number of ether oxygens (including phenoxy) is 1. The van der Waals surface area contributed by atoms with Crippen molar-refractivity contribution in [2.45, 2.75) is 0 Å². The number of nitrogens with one attached hydrogen (secondary N) is 1. The first-order valence-corrected chi connectivity index (χ1v) is 3.67. The Morgan fingerprint density at radius 2 is 2.00 bits per heavy atom. The van der Waals surface area contributed by atoms with Gasteiger partial charge in [0.15, 0.2) is 0 Å². The summed E-state index contributed by atoms with van der Waals surface area (Å²) in [6.07, 6.45) is 0. The molecule has 1 aromatic carbocycles. The van der Waals surface area contributed by atoms with Gasteiger partial charge >= 0.3 is 0 Å². The normalized spacial score (nSPS) is 9.50. The zero-order chi connectivity index (χ0) is 8.81. The van der Waals surface area contributed by atoms with Crippen LogP contribution in [0.3, 0.4) is 0 Å². The molecule has 0 saturated heterocycles. The Balaban J connectivity index is 2.53. The average Bonchev–Trinajstić information content (AvgIpc) is 2.15. The van der Waals surface area contributed by atoms with Gasteiger partial charge in [0.25, 0.3) is 0 Å². The highest BCUT2D eigenvalue weighted by atomic mass is 16.5. The molecule has 0 aliphatic carbocycles. The molecular formula is C8H12N2O2. The lowest BCUT2D eigenvalue weighted by molar-refractivity contribution is 0.201. The van der Waals surface area contributed by atoms with Gasteiger partial charge in [-0.3, -0.25) is 5.84 Å². The summed E-state index contributed by atoms with van der Waals surface area (Å²) in [6.45, 7) is 0.340. The fourth-order valence-electron chi connectivity index (χ4n) is 0.811. The Hall–Kier alpha value is -1.26. The molecule has 4 nitrogen and oxygen atoms in total. The second-order valence-electron chi connectivity index (χ2n) is 2.24. The van der Waals surface area contributed by atoms with Crippen LogP contribution in [0.1, 0.15) is 0 Å². The third-order valence-corrected chi connectivity index (χ3v) is 1.38. The Kier molecular flexibility index (Phi) is 3.37. The van der Waals surface area contributed by atoms with E-state index in [0.29, 0.717) is 6.61 Å². The molecule has 0 fully saturated rings. The number of benzene rings is 1. The first kappa shape index (κ1) is 8.83. The molecule has 0 radical (unpaired) electrons. The zero-order valence-corrected chi connectivity index (χ0v) is 6.66. The highest BCUT2D eigenvalue weighted by Gasteiger charge is 1.92. The molecular weight excluding hydrogens is 156 g/mol. The van der Waals surface area contributed by atoms with Crippen LogP contribution in [0.15, 0.2) is 24.3 Å². The molecule has 0 aliphatic rings. The Morgan fingerprint density at radius 1 is 1.33 bits per heavy atom. The first-order chi connectivity index (χ1) is 5.86. The first-order valence-electron chi connectivity index (χ1n) is 3.67. The minimum absolute atomic E-state index is 0.0247. The fraction of sp³-hybridized carbons (Fsp3) is 0.250. The van der Waals surface area contributed by atoms with E-state index in [1.807, 2.05) is 0 Å². The Morgan fingerprint density at radius 3 is 2.50 bits per heavy atom. The summed E-state index contributed by atoms with van der Waals surface area (Å²) in [5.74, 6) is 5.89. The van der Waals surface area contributed by atoms with Gasteiger partial charge in [-0.1, -0.05) is 0 Å². The summed E-state index contributed by atoms with van der Waals surface area (Å²) >= 11 is 0. The third-order valence-electron chi connectivity index (χ3n) is 1.38. The van der Waals surface area contributed by atoms with Crippen molar-refractivity contribution in [1.29, 1.82) is 0 Å². The molecule has 0 bridgehead atoms. The molecule has 0 aliphatic heterocycles. The maximum Gasteiger partial charge on any atom is 0.119 e. The van der Waals surface area contributed by atoms with E-state index in [0.717, 1.165) is 11.4 Å². The molecule has 0 spiro atoms. The quantitative estimate of drug-likeness (QED) is 0.448. The highest BCUT2D eigenvalue weighted by molar-refractivity contribution is 5.44. The molecule has 1 rings (SSSR count). The smallest absolute Gasteiger partial charge is 0.119 e. The van der Waals surface area contributed by atoms with Crippen molar-refractivity contribution in [3.63, 3.8) is 0 Å². The zero-order valence-electron chi connectivity index (χ0n) is 6.66. The second kappa shape index (κ2) is 4.58. The van der Waals surface area contributed by atoms with Crippen molar-refractivity contribution in [3.8, 4) is 5.75 Å². The largest absolute Gasteiger partial charge is 0.491 e. The van der Waals surface area contributed by atoms with Crippen LogP contribution in [-0.2, 0) is 0 Å². The Labute approximate surface area is 70.9 Å². The summed E-state index contributed by atoms with van der Waals surface area (Å²) in [6, 6.07) is 7.16. The fourth-order valence-corrected chi connectivity index (χ4v) is 0.811. The van der Waals surface area contributed by atoms with Crippen LogP contribution < -0.4 is 16.0 Å². The lowest BCUT2D eigenvalue weighted by Gasteiger charge is -2.04. The van der Waals surface area contributed by atoms with E-state index >= 15 is 0 Å². The number of aliphatic hydroxyl groups excluding tert-OH is 1. The third kappa shape index (κ3) is 2.41. The predicted molar refractivity (Wildman–Crippen MR) is 46.8 cm³/mol. The standard InChI is InChI=1S/C8H12N2O2/c9-10-7-1-3-8(4-2-7)12-6-5-11/h1-4,10-11H,5-6,9H2. The van der Waals surface area contributed by atoms with Crippen LogP contribution in [0.5, 0.6) is 5.75 Å². The molecule has 1 aromatic rings. The molecule has 12 heavy (non-hydrogen) atoms. The van der Waals surface area contributed by atoms with Gasteiger partial charge < -0.3 is 15.3 Å². The van der Waals surface area contributed by atoms with Crippen LogP contribution >= 0.6 is 0 Å². The minimum atomic E-state index is 0.0247. The molecule has 4 heteroatoms. The van der Waals surface area contributed by atoms with Gasteiger partial charge in [-0.05, 0) is 24.3 Å². The average molecular weight is 168 g/mol. The van der Waals surface area contributed by atoms with Crippen molar-refractivity contribution in [2.24, 2.45) is 5.84 Å². The van der Waals surface area contributed by atoms with Crippen molar-refractivity contribution in [2.75, 3.05) is 18.6 Å². The highest BCUT2D eigenvalue weighted by Crippen LogP contribution is 2.14. The number of rotatable bonds is 4. The molecule has 0 unspecified atom stereocenters. The maximum absolute atomic E-state index is 8.47. The molecule has 0 saturated carbocycles. The lowest BCUT2D eigenvalue weighted by Crippen LogP contribution is -2.06. The van der Waals surface area contributed by atoms with E-state index < -0.39 is 0 Å². The van der Waals surface area contributed by atoms with Gasteiger partial charge in [-0.25, -0.2) is 0 Å². The monoisotopic (exact) mass is 168 g/mol. The van der Waals surface area contributed by atoms with Gasteiger partial charge in [-0.15, -0.1) is 0 Å². The number of nitrogens with two attached hydrogens (primary N) is 1. The van der Waals surface area contributed by atoms with E-state index in [9.17, 15) is 0 Å². The van der Waals surface area contributed by atoms with Gasteiger partial charge in [0.2, 0.25) is 0 Å². The van der Waals surface area contributed by atoms with E-state index in [2.05, 4.69) is 5.43 Å². The predicted octanol–water partition coefficient (Wildman–Crippen LogP) is 0.343. The Bertz CT molecular complexity index is 223. The van der Waals surface area contributed by atoms with Gasteiger partial charge in [0.1, 0.15) is 12.4 Å². The maximum atomic E-state index is 8.47. The van der Waals surface area contributed by atoms with Crippen molar-refractivity contribution in [1.82, 2.24) is 0 Å². The van der Waals surface area contributed by atoms with E-state index in [-0.39, 0.29) is 6.61 Å².